The zero-order valence-corrected chi connectivity index (χ0v) is 12.1. The van der Waals surface area contributed by atoms with E-state index in [0.29, 0.717) is 43.1 Å². The summed E-state index contributed by atoms with van der Waals surface area (Å²) in [6, 6.07) is 0. The zero-order chi connectivity index (χ0) is 14.2. The van der Waals surface area contributed by atoms with E-state index < -0.39 is 6.29 Å². The Kier molecular flexibility index (Phi) is 4.33. The average Bonchev–Trinajstić information content (AvgIpc) is 2.95. The molecule has 0 aromatic carbocycles. The van der Waals surface area contributed by atoms with E-state index >= 15 is 0 Å². The Labute approximate surface area is 115 Å². The highest BCUT2D eigenvalue weighted by atomic mass is 16.6. The number of carbonyl (C=O) groups is 1. The lowest BCUT2D eigenvalue weighted by molar-refractivity contribution is -0.161. The Morgan fingerprint density at radius 2 is 2.16 bits per heavy atom. The van der Waals surface area contributed by atoms with Crippen LogP contribution in [-0.4, -0.2) is 35.5 Å². The predicted molar refractivity (Wildman–Crippen MR) is 71.3 cm³/mol. The Bertz CT molecular complexity index is 343. The van der Waals surface area contributed by atoms with E-state index in [1.165, 1.54) is 0 Å². The van der Waals surface area contributed by atoms with E-state index in [4.69, 9.17) is 4.74 Å². The van der Waals surface area contributed by atoms with E-state index in [2.05, 4.69) is 13.8 Å². The summed E-state index contributed by atoms with van der Waals surface area (Å²) in [7, 11) is 0. The monoisotopic (exact) mass is 270 g/mol. The van der Waals surface area contributed by atoms with E-state index in [1.54, 1.807) is 6.92 Å². The van der Waals surface area contributed by atoms with Crippen LogP contribution in [0.25, 0.3) is 0 Å². The van der Waals surface area contributed by atoms with Gasteiger partial charge in [0, 0.05) is 19.4 Å². The number of ketones is 1. The van der Waals surface area contributed by atoms with Gasteiger partial charge in [-0.2, -0.15) is 0 Å². The highest BCUT2D eigenvalue weighted by molar-refractivity contribution is 5.75. The lowest BCUT2D eigenvalue weighted by Crippen LogP contribution is -2.34. The second-order valence-electron chi connectivity index (χ2n) is 6.70. The number of hydrogen-bond donors (Lipinski definition) is 2. The molecular weight excluding hydrogens is 244 g/mol. The highest BCUT2D eigenvalue weighted by Gasteiger charge is 2.63. The average molecular weight is 270 g/mol. The number of Topliss-reactive ketones (excluding diaryl/α,β-unsaturated/α-hetero) is 1. The van der Waals surface area contributed by atoms with Gasteiger partial charge in [0.1, 0.15) is 5.78 Å². The van der Waals surface area contributed by atoms with Crippen LogP contribution < -0.4 is 0 Å². The first-order chi connectivity index (χ1) is 8.90. The molecule has 4 heteroatoms. The van der Waals surface area contributed by atoms with Gasteiger partial charge in [-0.1, -0.05) is 13.8 Å². The maximum atomic E-state index is 11.2. The van der Waals surface area contributed by atoms with E-state index in [9.17, 15) is 15.0 Å². The van der Waals surface area contributed by atoms with Crippen molar-refractivity contribution in [3.8, 4) is 0 Å². The lowest BCUT2D eigenvalue weighted by Gasteiger charge is -2.33. The van der Waals surface area contributed by atoms with E-state index in [-0.39, 0.29) is 17.8 Å². The normalized spacial score (nSPS) is 46.1. The molecule has 1 saturated carbocycles. The molecule has 6 atom stereocenters. The van der Waals surface area contributed by atoms with E-state index in [1.807, 2.05) is 0 Å². The SMILES string of the molecule is CC(=O)CC[C@@H]1[C@H]([C@H]2CC(O)OC[C@H]2C)[C@@]1(C)CO. The van der Waals surface area contributed by atoms with Crippen molar-refractivity contribution in [1.82, 2.24) is 0 Å². The quantitative estimate of drug-likeness (QED) is 0.796. The molecular formula is C15H26O4. The molecule has 110 valence electrons. The summed E-state index contributed by atoms with van der Waals surface area (Å²) < 4.78 is 5.27. The van der Waals surface area contributed by atoms with Crippen molar-refractivity contribution in [2.24, 2.45) is 29.1 Å². The molecule has 0 bridgehead atoms. The minimum Gasteiger partial charge on any atom is -0.396 e. The number of aliphatic hydroxyl groups is 2. The molecule has 4 nitrogen and oxygen atoms in total. The second kappa shape index (κ2) is 5.51. The first-order valence-corrected chi connectivity index (χ1v) is 7.30. The molecule has 0 aromatic rings. The Hall–Kier alpha value is -0.450. The maximum absolute atomic E-state index is 11.2. The number of carbonyl (C=O) groups excluding carboxylic acids is 1. The molecule has 1 unspecified atom stereocenters. The van der Waals surface area contributed by atoms with Gasteiger partial charge in [-0.25, -0.2) is 0 Å². The smallest absolute Gasteiger partial charge is 0.154 e. The van der Waals surface area contributed by atoms with Crippen LogP contribution in [0.2, 0.25) is 0 Å². The van der Waals surface area contributed by atoms with Crippen LogP contribution in [0.15, 0.2) is 0 Å². The minimum absolute atomic E-state index is 0.0779. The number of aliphatic hydroxyl groups excluding tert-OH is 2. The largest absolute Gasteiger partial charge is 0.396 e. The van der Waals surface area contributed by atoms with Crippen molar-refractivity contribution >= 4 is 5.78 Å². The molecule has 1 heterocycles. The van der Waals surface area contributed by atoms with Crippen LogP contribution in [0.5, 0.6) is 0 Å². The van der Waals surface area contributed by atoms with Gasteiger partial charge < -0.3 is 19.7 Å². The Morgan fingerprint density at radius 3 is 2.74 bits per heavy atom. The third-order valence-corrected chi connectivity index (χ3v) is 5.30. The van der Waals surface area contributed by atoms with Gasteiger partial charge in [-0.3, -0.25) is 0 Å². The second-order valence-corrected chi connectivity index (χ2v) is 6.70. The molecule has 2 fully saturated rings. The molecule has 19 heavy (non-hydrogen) atoms. The van der Waals surface area contributed by atoms with Crippen molar-refractivity contribution in [1.29, 1.82) is 0 Å². The third kappa shape index (κ3) is 2.86. The van der Waals surface area contributed by atoms with Crippen LogP contribution in [0, 0.1) is 29.1 Å². The standard InChI is InChI=1S/C15H26O4/c1-9-7-19-13(18)6-11(9)14-12(5-4-10(2)17)15(14,3)8-16/h9,11-14,16,18H,4-8H2,1-3H3/t9-,11+,12-,13?,14+,15+/m1/s1. The molecule has 0 aromatic heterocycles. The van der Waals surface area contributed by atoms with Crippen LogP contribution in [-0.2, 0) is 9.53 Å². The van der Waals surface area contributed by atoms with Crippen LogP contribution in [0.1, 0.15) is 40.0 Å². The molecule has 1 aliphatic carbocycles. The van der Waals surface area contributed by atoms with Gasteiger partial charge in [-0.15, -0.1) is 0 Å². The fraction of sp³-hybridized carbons (Fsp3) is 0.933. The van der Waals surface area contributed by atoms with Gasteiger partial charge in [0.05, 0.1) is 6.61 Å². The van der Waals surface area contributed by atoms with Gasteiger partial charge in [0.25, 0.3) is 0 Å². The number of rotatable bonds is 5. The van der Waals surface area contributed by atoms with Crippen LogP contribution >= 0.6 is 0 Å². The minimum atomic E-state index is -0.668. The van der Waals surface area contributed by atoms with Gasteiger partial charge in [0.2, 0.25) is 0 Å². The summed E-state index contributed by atoms with van der Waals surface area (Å²) in [6.07, 6.45) is 1.43. The summed E-state index contributed by atoms with van der Waals surface area (Å²) in [6.45, 7) is 6.63. The summed E-state index contributed by atoms with van der Waals surface area (Å²) in [5, 5.41) is 19.4. The lowest BCUT2D eigenvalue weighted by atomic mass is 9.82. The zero-order valence-electron chi connectivity index (χ0n) is 12.1. The van der Waals surface area contributed by atoms with Gasteiger partial charge >= 0.3 is 0 Å². The number of ether oxygens (including phenoxy) is 1. The van der Waals surface area contributed by atoms with Crippen LogP contribution in [0.3, 0.4) is 0 Å². The fourth-order valence-corrected chi connectivity index (χ4v) is 4.00. The van der Waals surface area contributed by atoms with Gasteiger partial charge in [-0.05, 0) is 42.4 Å². The molecule has 2 N–H and O–H groups in total. The van der Waals surface area contributed by atoms with Crippen molar-refractivity contribution in [3.05, 3.63) is 0 Å². The Morgan fingerprint density at radius 1 is 1.47 bits per heavy atom. The molecule has 2 rings (SSSR count). The summed E-state index contributed by atoms with van der Waals surface area (Å²) in [5.41, 5.74) is -0.0779. The highest BCUT2D eigenvalue weighted by Crippen LogP contribution is 2.66. The van der Waals surface area contributed by atoms with Crippen molar-refractivity contribution < 1.29 is 19.7 Å². The van der Waals surface area contributed by atoms with Crippen molar-refractivity contribution in [2.45, 2.75) is 46.3 Å². The summed E-state index contributed by atoms with van der Waals surface area (Å²) >= 11 is 0. The molecule has 2 aliphatic rings. The maximum Gasteiger partial charge on any atom is 0.154 e. The molecule has 0 spiro atoms. The van der Waals surface area contributed by atoms with Crippen molar-refractivity contribution in [3.63, 3.8) is 0 Å². The fourth-order valence-electron chi connectivity index (χ4n) is 4.00. The first-order valence-electron chi connectivity index (χ1n) is 7.30. The summed E-state index contributed by atoms with van der Waals surface area (Å²) in [5.74, 6) is 1.81. The molecule has 1 saturated heterocycles. The van der Waals surface area contributed by atoms with E-state index in [0.717, 1.165) is 6.42 Å². The number of hydrogen-bond acceptors (Lipinski definition) is 4. The molecule has 1 aliphatic heterocycles. The van der Waals surface area contributed by atoms with Crippen LogP contribution in [0.4, 0.5) is 0 Å². The predicted octanol–water partition coefficient (Wildman–Crippen LogP) is 1.59. The van der Waals surface area contributed by atoms with Gasteiger partial charge in [0.15, 0.2) is 6.29 Å². The first kappa shape index (κ1) is 14.9. The third-order valence-electron chi connectivity index (χ3n) is 5.30. The Balaban J connectivity index is 2.03. The van der Waals surface area contributed by atoms with Crippen molar-refractivity contribution in [2.75, 3.05) is 13.2 Å². The molecule has 0 radical (unpaired) electrons. The summed E-state index contributed by atoms with van der Waals surface area (Å²) in [4.78, 5) is 11.2. The molecule has 0 amide bonds. The topological polar surface area (TPSA) is 66.8 Å².